The van der Waals surface area contributed by atoms with Crippen molar-refractivity contribution in [2.75, 3.05) is 0 Å². The number of fused-ring (bicyclic) bond motifs is 1. The fourth-order valence-corrected chi connectivity index (χ4v) is 4.00. The third-order valence-corrected chi connectivity index (χ3v) is 5.51. The quantitative estimate of drug-likeness (QED) is 0.323. The van der Waals surface area contributed by atoms with Gasteiger partial charge in [-0.1, -0.05) is 23.5 Å². The van der Waals surface area contributed by atoms with Gasteiger partial charge >= 0.3 is 0 Å². The summed E-state index contributed by atoms with van der Waals surface area (Å²) in [5, 5.41) is 15.5. The fourth-order valence-electron chi connectivity index (χ4n) is 3.11. The predicted molar refractivity (Wildman–Crippen MR) is 109 cm³/mol. The molecule has 1 aromatic carbocycles. The van der Waals surface area contributed by atoms with Gasteiger partial charge in [0, 0.05) is 12.1 Å². The number of nitro benzene ring substituents is 1. The number of hydrogen-bond acceptors (Lipinski definition) is 8. The highest BCUT2D eigenvalue weighted by Gasteiger charge is 2.18. The Labute approximate surface area is 171 Å². The highest BCUT2D eigenvalue weighted by Crippen LogP contribution is 2.31. The monoisotopic (exact) mass is 420 g/mol. The van der Waals surface area contributed by atoms with Crippen LogP contribution in [-0.2, 0) is 0 Å². The first kappa shape index (κ1) is 18.0. The predicted octanol–water partition coefficient (Wildman–Crippen LogP) is 3.44. The summed E-state index contributed by atoms with van der Waals surface area (Å²) in [4.78, 5) is 28.3. The molecular weight excluding hydrogens is 408 g/mol. The Morgan fingerprint density at radius 3 is 2.73 bits per heavy atom. The number of benzene rings is 1. The van der Waals surface area contributed by atoms with Crippen LogP contribution < -0.4 is 10.1 Å². The maximum absolute atomic E-state index is 12.7. The molecule has 0 amide bonds. The van der Waals surface area contributed by atoms with Crippen LogP contribution in [0.3, 0.4) is 0 Å². The lowest BCUT2D eigenvalue weighted by atomic mass is 10.1. The molecule has 0 fully saturated rings. The minimum absolute atomic E-state index is 0.0521. The van der Waals surface area contributed by atoms with E-state index in [4.69, 9.17) is 8.83 Å². The van der Waals surface area contributed by atoms with Crippen molar-refractivity contribution < 1.29 is 13.8 Å². The van der Waals surface area contributed by atoms with Crippen molar-refractivity contribution in [3.63, 3.8) is 0 Å². The van der Waals surface area contributed by atoms with Gasteiger partial charge in [0.1, 0.15) is 21.8 Å². The van der Waals surface area contributed by atoms with E-state index < -0.39 is 4.92 Å². The highest BCUT2D eigenvalue weighted by atomic mass is 32.1. The molecule has 0 N–H and O–H groups in total. The van der Waals surface area contributed by atoms with Crippen molar-refractivity contribution in [1.29, 1.82) is 0 Å². The number of furan rings is 2. The van der Waals surface area contributed by atoms with Crippen molar-refractivity contribution in [2.45, 2.75) is 6.92 Å². The summed E-state index contributed by atoms with van der Waals surface area (Å²) < 4.78 is 12.6. The summed E-state index contributed by atoms with van der Waals surface area (Å²) in [6.07, 6.45) is 3.12. The lowest BCUT2D eigenvalue weighted by Crippen LogP contribution is -2.23. The molecule has 0 spiro atoms. The number of nitrogens with zero attached hydrogens (tertiary/aromatic N) is 4. The zero-order valence-corrected chi connectivity index (χ0v) is 16.3. The second-order valence-corrected chi connectivity index (χ2v) is 7.42. The largest absolute Gasteiger partial charge is 0.469 e. The molecular formula is C20H12N4O5S. The third kappa shape index (κ3) is 2.90. The van der Waals surface area contributed by atoms with E-state index in [1.165, 1.54) is 21.9 Å². The summed E-state index contributed by atoms with van der Waals surface area (Å²) in [5.74, 6) is 1.84. The summed E-state index contributed by atoms with van der Waals surface area (Å²) in [6, 6.07) is 11.4. The number of hydrogen-bond donors (Lipinski definition) is 0. The van der Waals surface area contributed by atoms with Gasteiger partial charge in [-0.25, -0.2) is 0 Å². The van der Waals surface area contributed by atoms with Crippen molar-refractivity contribution >= 4 is 28.1 Å². The standard InChI is InChI=1S/C20H12N4O5S/c1-11-13(8-9-28-11)18-21-20-23(22-18)19(25)17(30-20)10-12-6-7-16(29-12)14-4-2-3-5-15(14)24(26)27/h2-10H,1H3. The Bertz CT molecular complexity index is 1520. The highest BCUT2D eigenvalue weighted by molar-refractivity contribution is 7.15. The van der Waals surface area contributed by atoms with Crippen molar-refractivity contribution in [2.24, 2.45) is 0 Å². The van der Waals surface area contributed by atoms with E-state index in [2.05, 4.69) is 10.1 Å². The van der Waals surface area contributed by atoms with Gasteiger partial charge < -0.3 is 8.83 Å². The smallest absolute Gasteiger partial charge is 0.291 e. The van der Waals surface area contributed by atoms with E-state index in [0.717, 1.165) is 5.56 Å². The molecule has 0 aliphatic heterocycles. The van der Waals surface area contributed by atoms with Crippen LogP contribution in [0.5, 0.6) is 0 Å². The van der Waals surface area contributed by atoms with Crippen LogP contribution in [-0.4, -0.2) is 19.5 Å². The average Bonchev–Trinajstić information content (AvgIpc) is 3.49. The van der Waals surface area contributed by atoms with Crippen molar-refractivity contribution in [3.8, 4) is 22.7 Å². The van der Waals surface area contributed by atoms with E-state index in [1.807, 2.05) is 0 Å². The molecule has 30 heavy (non-hydrogen) atoms. The molecule has 0 saturated carbocycles. The summed E-state index contributed by atoms with van der Waals surface area (Å²) >= 11 is 1.18. The van der Waals surface area contributed by atoms with Gasteiger partial charge in [0.25, 0.3) is 11.2 Å². The Hall–Kier alpha value is -4.05. The molecule has 4 aromatic heterocycles. The normalized spacial score (nSPS) is 12.1. The van der Waals surface area contributed by atoms with Crippen molar-refractivity contribution in [3.05, 3.63) is 85.2 Å². The number of thiazole rings is 1. The minimum atomic E-state index is -0.462. The second-order valence-electron chi connectivity index (χ2n) is 6.41. The summed E-state index contributed by atoms with van der Waals surface area (Å²) in [5.41, 5.74) is 0.727. The SMILES string of the molecule is Cc1occc1-c1nc2sc(=Cc3ccc(-c4ccccc4[N+](=O)[O-])o3)c(=O)n2n1. The Balaban J connectivity index is 1.54. The molecule has 0 bridgehead atoms. The van der Waals surface area contributed by atoms with E-state index >= 15 is 0 Å². The van der Waals surface area contributed by atoms with Crippen LogP contribution in [0.4, 0.5) is 5.69 Å². The third-order valence-electron chi connectivity index (χ3n) is 4.55. The second kappa shape index (κ2) is 6.78. The van der Waals surface area contributed by atoms with Crippen LogP contribution >= 0.6 is 11.3 Å². The van der Waals surface area contributed by atoms with Crippen LogP contribution in [0.15, 0.2) is 62.4 Å². The van der Waals surface area contributed by atoms with E-state index in [-0.39, 0.29) is 11.2 Å². The van der Waals surface area contributed by atoms with Gasteiger partial charge in [0.15, 0.2) is 5.82 Å². The Morgan fingerprint density at radius 1 is 1.17 bits per heavy atom. The van der Waals surface area contributed by atoms with Crippen molar-refractivity contribution in [1.82, 2.24) is 14.6 Å². The first-order valence-electron chi connectivity index (χ1n) is 8.80. The van der Waals surface area contributed by atoms with Gasteiger partial charge in [0.2, 0.25) is 4.96 Å². The maximum Gasteiger partial charge on any atom is 0.291 e. The summed E-state index contributed by atoms with van der Waals surface area (Å²) in [6.45, 7) is 1.80. The van der Waals surface area contributed by atoms with Gasteiger partial charge in [-0.05, 0) is 31.2 Å². The van der Waals surface area contributed by atoms with Crippen LogP contribution in [0.25, 0.3) is 33.7 Å². The lowest BCUT2D eigenvalue weighted by molar-refractivity contribution is -0.384. The van der Waals surface area contributed by atoms with E-state index in [0.29, 0.717) is 38.2 Å². The Kier molecular flexibility index (Phi) is 4.07. The molecule has 9 nitrogen and oxygen atoms in total. The van der Waals surface area contributed by atoms with Gasteiger partial charge in [-0.3, -0.25) is 14.9 Å². The molecule has 5 aromatic rings. The molecule has 5 rings (SSSR count). The number of nitro groups is 1. The number of rotatable bonds is 4. The number of para-hydroxylation sites is 1. The van der Waals surface area contributed by atoms with Crippen LogP contribution in [0.1, 0.15) is 11.5 Å². The van der Waals surface area contributed by atoms with E-state index in [1.54, 1.807) is 55.7 Å². The zero-order chi connectivity index (χ0) is 20.8. The maximum atomic E-state index is 12.7. The number of aromatic nitrogens is 3. The van der Waals surface area contributed by atoms with E-state index in [9.17, 15) is 14.9 Å². The van der Waals surface area contributed by atoms with Crippen LogP contribution in [0.2, 0.25) is 0 Å². The first-order chi connectivity index (χ1) is 14.5. The molecule has 0 atom stereocenters. The van der Waals surface area contributed by atoms with Crippen LogP contribution in [0, 0.1) is 17.0 Å². The molecule has 0 aliphatic rings. The summed E-state index contributed by atoms with van der Waals surface area (Å²) in [7, 11) is 0. The topological polar surface area (TPSA) is 117 Å². The molecule has 0 unspecified atom stereocenters. The molecule has 0 saturated heterocycles. The lowest BCUT2D eigenvalue weighted by Gasteiger charge is -1.98. The molecule has 0 aliphatic carbocycles. The Morgan fingerprint density at radius 2 is 2.00 bits per heavy atom. The zero-order valence-electron chi connectivity index (χ0n) is 15.4. The molecule has 0 radical (unpaired) electrons. The average molecular weight is 420 g/mol. The molecule has 148 valence electrons. The van der Waals surface area contributed by atoms with Gasteiger partial charge in [-0.2, -0.15) is 9.50 Å². The van der Waals surface area contributed by atoms with Gasteiger partial charge in [-0.15, -0.1) is 5.10 Å². The fraction of sp³-hybridized carbons (Fsp3) is 0.0500. The number of aryl methyl sites for hydroxylation is 1. The molecule has 10 heteroatoms. The molecule has 4 heterocycles. The minimum Gasteiger partial charge on any atom is -0.469 e. The first-order valence-corrected chi connectivity index (χ1v) is 9.62. The van der Waals surface area contributed by atoms with Gasteiger partial charge in [0.05, 0.1) is 22.3 Å².